The maximum atomic E-state index is 12.0. The average Bonchev–Trinajstić information content (AvgIpc) is 2.46. The Morgan fingerprint density at radius 1 is 1.10 bits per heavy atom. The minimum Gasteiger partial charge on any atom is -0.464 e. The Morgan fingerprint density at radius 2 is 1.62 bits per heavy atom. The highest BCUT2D eigenvalue weighted by molar-refractivity contribution is 7.99. The molecule has 0 aromatic heterocycles. The summed E-state index contributed by atoms with van der Waals surface area (Å²) < 4.78 is 9.61. The van der Waals surface area contributed by atoms with Gasteiger partial charge in [-0.3, -0.25) is 4.79 Å². The van der Waals surface area contributed by atoms with Gasteiger partial charge in [-0.15, -0.1) is 0 Å². The first-order valence-corrected chi connectivity index (χ1v) is 8.44. The van der Waals surface area contributed by atoms with Gasteiger partial charge in [-0.1, -0.05) is 0 Å². The van der Waals surface area contributed by atoms with E-state index in [9.17, 15) is 14.4 Å². The number of thioether (sulfide) groups is 1. The molecule has 0 bridgehead atoms. The van der Waals surface area contributed by atoms with E-state index in [0.717, 1.165) is 24.3 Å². The van der Waals surface area contributed by atoms with Gasteiger partial charge in [-0.05, 0) is 44.1 Å². The first-order valence-electron chi connectivity index (χ1n) is 7.28. The molecule has 1 amide bonds. The van der Waals surface area contributed by atoms with Gasteiger partial charge in [-0.25, -0.2) is 9.59 Å². The molecule has 0 aliphatic carbocycles. The molecule has 1 aliphatic heterocycles. The molecule has 1 rings (SSSR count). The SMILES string of the molecule is CCOC(=O)C(NC(=O)CC1CCSCC1)C(=O)OCC. The van der Waals surface area contributed by atoms with Crippen molar-refractivity contribution in [3.63, 3.8) is 0 Å². The zero-order valence-corrected chi connectivity index (χ0v) is 13.4. The Kier molecular flexibility index (Phi) is 8.19. The molecule has 0 atom stereocenters. The van der Waals surface area contributed by atoms with E-state index in [2.05, 4.69) is 5.32 Å². The minimum absolute atomic E-state index is 0.143. The van der Waals surface area contributed by atoms with Gasteiger partial charge in [0.25, 0.3) is 0 Å². The fourth-order valence-corrected chi connectivity index (χ4v) is 3.30. The molecule has 0 radical (unpaired) electrons. The van der Waals surface area contributed by atoms with Gasteiger partial charge in [0.2, 0.25) is 11.9 Å². The van der Waals surface area contributed by atoms with Crippen molar-refractivity contribution in [3.8, 4) is 0 Å². The van der Waals surface area contributed by atoms with Crippen LogP contribution in [0.3, 0.4) is 0 Å². The van der Waals surface area contributed by atoms with E-state index in [0.29, 0.717) is 12.3 Å². The van der Waals surface area contributed by atoms with Crippen LogP contribution < -0.4 is 5.32 Å². The van der Waals surface area contributed by atoms with Gasteiger partial charge < -0.3 is 14.8 Å². The second-order valence-electron chi connectivity index (χ2n) is 4.76. The fraction of sp³-hybridized carbons (Fsp3) is 0.786. The van der Waals surface area contributed by atoms with Crippen LogP contribution in [0.5, 0.6) is 0 Å². The van der Waals surface area contributed by atoms with E-state index >= 15 is 0 Å². The van der Waals surface area contributed by atoms with Crippen LogP contribution in [0, 0.1) is 5.92 Å². The van der Waals surface area contributed by atoms with Crippen LogP contribution >= 0.6 is 11.8 Å². The molecule has 1 N–H and O–H groups in total. The van der Waals surface area contributed by atoms with Crippen molar-refractivity contribution in [2.45, 2.75) is 39.2 Å². The smallest absolute Gasteiger partial charge is 0.340 e. The van der Waals surface area contributed by atoms with E-state index in [1.165, 1.54) is 0 Å². The van der Waals surface area contributed by atoms with Crippen LogP contribution in [-0.2, 0) is 23.9 Å². The van der Waals surface area contributed by atoms with Crippen molar-refractivity contribution >= 4 is 29.6 Å². The fourth-order valence-electron chi connectivity index (χ4n) is 2.10. The third-order valence-electron chi connectivity index (χ3n) is 3.16. The lowest BCUT2D eigenvalue weighted by atomic mass is 9.98. The summed E-state index contributed by atoms with van der Waals surface area (Å²) in [6.07, 6.45) is 2.30. The Bertz CT molecular complexity index is 350. The quantitative estimate of drug-likeness (QED) is 0.560. The summed E-state index contributed by atoms with van der Waals surface area (Å²) in [7, 11) is 0. The summed E-state index contributed by atoms with van der Waals surface area (Å²) in [6, 6.07) is -1.37. The highest BCUT2D eigenvalue weighted by Gasteiger charge is 2.31. The summed E-state index contributed by atoms with van der Waals surface area (Å²) in [5, 5.41) is 2.44. The highest BCUT2D eigenvalue weighted by Crippen LogP contribution is 2.25. The zero-order valence-electron chi connectivity index (χ0n) is 12.6. The van der Waals surface area contributed by atoms with Gasteiger partial charge >= 0.3 is 11.9 Å². The van der Waals surface area contributed by atoms with Crippen LogP contribution in [0.4, 0.5) is 0 Å². The van der Waals surface area contributed by atoms with Gasteiger partial charge in [0, 0.05) is 6.42 Å². The predicted molar refractivity (Wildman–Crippen MR) is 79.9 cm³/mol. The molecular formula is C14H23NO5S. The Morgan fingerprint density at radius 3 is 2.10 bits per heavy atom. The Labute approximate surface area is 129 Å². The molecule has 0 saturated carbocycles. The first-order chi connectivity index (χ1) is 10.1. The largest absolute Gasteiger partial charge is 0.464 e. The van der Waals surface area contributed by atoms with Crippen LogP contribution in [0.2, 0.25) is 0 Å². The summed E-state index contributed by atoms with van der Waals surface area (Å²) in [5.74, 6) is 0.565. The zero-order chi connectivity index (χ0) is 15.7. The predicted octanol–water partition coefficient (Wildman–Crippen LogP) is 1.13. The second kappa shape index (κ2) is 9.65. The van der Waals surface area contributed by atoms with E-state index in [1.807, 2.05) is 11.8 Å². The number of carbonyl (C=O) groups excluding carboxylic acids is 3. The van der Waals surface area contributed by atoms with Crippen molar-refractivity contribution in [3.05, 3.63) is 0 Å². The summed E-state index contributed by atoms with van der Waals surface area (Å²) >= 11 is 1.88. The third kappa shape index (κ3) is 6.37. The highest BCUT2D eigenvalue weighted by atomic mass is 32.2. The number of amides is 1. The number of carbonyl (C=O) groups is 3. The minimum atomic E-state index is -1.37. The monoisotopic (exact) mass is 317 g/mol. The lowest BCUT2D eigenvalue weighted by Gasteiger charge is -2.22. The summed E-state index contributed by atoms with van der Waals surface area (Å²) in [4.78, 5) is 35.5. The number of rotatable bonds is 7. The van der Waals surface area contributed by atoms with Crippen molar-refractivity contribution in [1.82, 2.24) is 5.32 Å². The van der Waals surface area contributed by atoms with E-state index in [4.69, 9.17) is 9.47 Å². The standard InChI is InChI=1S/C14H23NO5S/c1-3-19-13(17)12(14(18)20-4-2)15-11(16)9-10-5-7-21-8-6-10/h10,12H,3-9H2,1-2H3,(H,15,16). The van der Waals surface area contributed by atoms with Gasteiger partial charge in [0.1, 0.15) is 0 Å². The molecular weight excluding hydrogens is 294 g/mol. The third-order valence-corrected chi connectivity index (χ3v) is 4.21. The Balaban J connectivity index is 2.55. The molecule has 1 saturated heterocycles. The molecule has 1 fully saturated rings. The maximum Gasteiger partial charge on any atom is 0.340 e. The number of ether oxygens (including phenoxy) is 2. The molecule has 0 spiro atoms. The van der Waals surface area contributed by atoms with Crippen LogP contribution in [-0.4, -0.2) is 48.6 Å². The van der Waals surface area contributed by atoms with E-state index in [1.54, 1.807) is 13.8 Å². The summed E-state index contributed by atoms with van der Waals surface area (Å²) in [6.45, 7) is 3.57. The lowest BCUT2D eigenvalue weighted by molar-refractivity contribution is -0.159. The van der Waals surface area contributed by atoms with Crippen molar-refractivity contribution in [2.24, 2.45) is 5.92 Å². The van der Waals surface area contributed by atoms with E-state index < -0.39 is 18.0 Å². The lowest BCUT2D eigenvalue weighted by Crippen LogP contribution is -2.48. The maximum absolute atomic E-state index is 12.0. The van der Waals surface area contributed by atoms with Crippen LogP contribution in [0.1, 0.15) is 33.1 Å². The van der Waals surface area contributed by atoms with E-state index in [-0.39, 0.29) is 19.1 Å². The first kappa shape index (κ1) is 17.8. The molecule has 7 heteroatoms. The average molecular weight is 317 g/mol. The van der Waals surface area contributed by atoms with Crippen molar-refractivity contribution in [1.29, 1.82) is 0 Å². The number of esters is 2. The van der Waals surface area contributed by atoms with Crippen LogP contribution in [0.25, 0.3) is 0 Å². The molecule has 21 heavy (non-hydrogen) atoms. The number of nitrogens with one attached hydrogen (secondary N) is 1. The van der Waals surface area contributed by atoms with Gasteiger partial charge in [-0.2, -0.15) is 11.8 Å². The topological polar surface area (TPSA) is 81.7 Å². The Hall–Kier alpha value is -1.24. The molecule has 0 aromatic carbocycles. The van der Waals surface area contributed by atoms with Crippen LogP contribution in [0.15, 0.2) is 0 Å². The van der Waals surface area contributed by atoms with Gasteiger partial charge in [0.05, 0.1) is 13.2 Å². The molecule has 6 nitrogen and oxygen atoms in total. The van der Waals surface area contributed by atoms with Gasteiger partial charge in [0.15, 0.2) is 0 Å². The van der Waals surface area contributed by atoms with Crippen molar-refractivity contribution < 1.29 is 23.9 Å². The van der Waals surface area contributed by atoms with Crippen molar-refractivity contribution in [2.75, 3.05) is 24.7 Å². The second-order valence-corrected chi connectivity index (χ2v) is 5.99. The number of hydrogen-bond donors (Lipinski definition) is 1. The molecule has 120 valence electrons. The number of hydrogen-bond acceptors (Lipinski definition) is 6. The summed E-state index contributed by atoms with van der Waals surface area (Å²) in [5.41, 5.74) is 0. The molecule has 1 heterocycles. The molecule has 0 unspecified atom stereocenters. The molecule has 1 aliphatic rings. The normalized spacial score (nSPS) is 15.6. The molecule has 0 aromatic rings.